The average molecular weight is 325 g/mol. The number of unbranched alkanes of at least 4 members (excludes halogenated alkanes) is 1. The second-order valence-electron chi connectivity index (χ2n) is 6.70. The fourth-order valence-electron chi connectivity index (χ4n) is 3.43. The van der Waals surface area contributed by atoms with Crippen LogP contribution in [0, 0.1) is 5.92 Å². The topological polar surface area (TPSA) is 38.1 Å². The molecule has 0 spiro atoms. The number of aromatic nitrogens is 2. The van der Waals surface area contributed by atoms with Gasteiger partial charge in [0.15, 0.2) is 0 Å². The lowest BCUT2D eigenvalue weighted by Crippen LogP contribution is -2.39. The Labute approximate surface area is 144 Å². The standard InChI is InChI=1S/C20H27N3O/c1-2-3-9-19(24)22-13-10-17(11-14-22)16-23-15-12-21-20(23)18-7-5-4-6-8-18/h4-8,12,15,17H,2-3,9-11,13-14,16H2,1H3. The highest BCUT2D eigenvalue weighted by atomic mass is 16.2. The van der Waals surface area contributed by atoms with Crippen LogP contribution in [0.25, 0.3) is 11.4 Å². The van der Waals surface area contributed by atoms with E-state index in [4.69, 9.17) is 0 Å². The summed E-state index contributed by atoms with van der Waals surface area (Å²) in [6, 6.07) is 10.3. The molecular weight excluding hydrogens is 298 g/mol. The van der Waals surface area contributed by atoms with Crippen molar-refractivity contribution in [3.63, 3.8) is 0 Å². The smallest absolute Gasteiger partial charge is 0.222 e. The first kappa shape index (κ1) is 16.7. The quantitative estimate of drug-likeness (QED) is 0.806. The second kappa shape index (κ2) is 8.13. The van der Waals surface area contributed by atoms with E-state index in [1.807, 2.05) is 12.3 Å². The van der Waals surface area contributed by atoms with Gasteiger partial charge in [0, 0.05) is 44.0 Å². The Bertz CT molecular complexity index is 642. The Morgan fingerprint density at radius 3 is 2.67 bits per heavy atom. The molecular formula is C20H27N3O. The predicted octanol–water partition coefficient (Wildman–Crippen LogP) is 3.98. The highest BCUT2D eigenvalue weighted by Crippen LogP contribution is 2.23. The van der Waals surface area contributed by atoms with Gasteiger partial charge in [0.2, 0.25) is 5.91 Å². The number of amides is 1. The third-order valence-electron chi connectivity index (χ3n) is 4.91. The van der Waals surface area contributed by atoms with E-state index in [2.05, 4.69) is 51.8 Å². The van der Waals surface area contributed by atoms with Gasteiger partial charge in [-0.1, -0.05) is 43.7 Å². The average Bonchev–Trinajstić information content (AvgIpc) is 3.09. The minimum Gasteiger partial charge on any atom is -0.343 e. The molecule has 2 aromatic rings. The number of carbonyl (C=O) groups excluding carboxylic acids is 1. The van der Waals surface area contributed by atoms with Crippen molar-refractivity contribution in [2.45, 2.75) is 45.6 Å². The molecule has 1 aromatic heterocycles. The van der Waals surface area contributed by atoms with Crippen LogP contribution < -0.4 is 0 Å². The lowest BCUT2D eigenvalue weighted by atomic mass is 9.96. The van der Waals surface area contributed by atoms with Crippen molar-refractivity contribution in [3.05, 3.63) is 42.7 Å². The summed E-state index contributed by atoms with van der Waals surface area (Å²) in [5, 5.41) is 0. The summed E-state index contributed by atoms with van der Waals surface area (Å²) in [6.45, 7) is 4.93. The molecule has 4 nitrogen and oxygen atoms in total. The van der Waals surface area contributed by atoms with Crippen LogP contribution in [-0.2, 0) is 11.3 Å². The van der Waals surface area contributed by atoms with Gasteiger partial charge in [0.25, 0.3) is 0 Å². The molecule has 4 heteroatoms. The molecule has 0 N–H and O–H groups in total. The van der Waals surface area contributed by atoms with Gasteiger partial charge in [-0.2, -0.15) is 0 Å². The summed E-state index contributed by atoms with van der Waals surface area (Å²) in [5.41, 5.74) is 1.16. The molecule has 1 aliphatic heterocycles. The van der Waals surface area contributed by atoms with Gasteiger partial charge in [-0.05, 0) is 25.2 Å². The van der Waals surface area contributed by atoms with Crippen LogP contribution in [0.1, 0.15) is 39.0 Å². The number of hydrogen-bond donors (Lipinski definition) is 0. The van der Waals surface area contributed by atoms with E-state index < -0.39 is 0 Å². The van der Waals surface area contributed by atoms with Crippen LogP contribution in [0.3, 0.4) is 0 Å². The van der Waals surface area contributed by atoms with Crippen molar-refractivity contribution in [2.75, 3.05) is 13.1 Å². The molecule has 1 aromatic carbocycles. The molecule has 0 bridgehead atoms. The molecule has 0 atom stereocenters. The molecule has 0 radical (unpaired) electrons. The second-order valence-corrected chi connectivity index (χ2v) is 6.70. The number of likely N-dealkylation sites (tertiary alicyclic amines) is 1. The van der Waals surface area contributed by atoms with Gasteiger partial charge in [-0.3, -0.25) is 4.79 Å². The fourth-order valence-corrected chi connectivity index (χ4v) is 3.43. The fraction of sp³-hybridized carbons (Fsp3) is 0.500. The summed E-state index contributed by atoms with van der Waals surface area (Å²) in [4.78, 5) is 18.7. The maximum absolute atomic E-state index is 12.1. The van der Waals surface area contributed by atoms with Crippen LogP contribution >= 0.6 is 0 Å². The maximum atomic E-state index is 12.1. The van der Waals surface area contributed by atoms with Crippen molar-refractivity contribution < 1.29 is 4.79 Å². The van der Waals surface area contributed by atoms with E-state index in [0.29, 0.717) is 18.2 Å². The van der Waals surface area contributed by atoms with Gasteiger partial charge in [0.05, 0.1) is 0 Å². The zero-order valence-electron chi connectivity index (χ0n) is 14.5. The first-order chi connectivity index (χ1) is 11.8. The van der Waals surface area contributed by atoms with Gasteiger partial charge < -0.3 is 9.47 Å². The van der Waals surface area contributed by atoms with Crippen molar-refractivity contribution in [2.24, 2.45) is 5.92 Å². The molecule has 24 heavy (non-hydrogen) atoms. The third-order valence-corrected chi connectivity index (χ3v) is 4.91. The molecule has 1 fully saturated rings. The van der Waals surface area contributed by atoms with E-state index in [-0.39, 0.29) is 0 Å². The number of nitrogens with zero attached hydrogens (tertiary/aromatic N) is 3. The van der Waals surface area contributed by atoms with Crippen LogP contribution in [0.2, 0.25) is 0 Å². The highest BCUT2D eigenvalue weighted by Gasteiger charge is 2.23. The lowest BCUT2D eigenvalue weighted by Gasteiger charge is -2.32. The SMILES string of the molecule is CCCCC(=O)N1CCC(Cn2ccnc2-c2ccccc2)CC1. The van der Waals surface area contributed by atoms with Gasteiger partial charge in [0.1, 0.15) is 5.82 Å². The Kier molecular flexibility index (Phi) is 5.68. The van der Waals surface area contributed by atoms with Gasteiger partial charge in [-0.15, -0.1) is 0 Å². The van der Waals surface area contributed by atoms with Crippen molar-refractivity contribution in [1.82, 2.24) is 14.5 Å². The normalized spacial score (nSPS) is 15.6. The lowest BCUT2D eigenvalue weighted by molar-refractivity contribution is -0.132. The van der Waals surface area contributed by atoms with E-state index >= 15 is 0 Å². The van der Waals surface area contributed by atoms with Crippen molar-refractivity contribution >= 4 is 5.91 Å². The molecule has 128 valence electrons. The first-order valence-electron chi connectivity index (χ1n) is 9.12. The molecule has 1 saturated heterocycles. The van der Waals surface area contributed by atoms with Crippen LogP contribution in [0.5, 0.6) is 0 Å². The van der Waals surface area contributed by atoms with E-state index in [0.717, 1.165) is 56.7 Å². The molecule has 3 rings (SSSR count). The predicted molar refractivity (Wildman–Crippen MR) is 96.5 cm³/mol. The van der Waals surface area contributed by atoms with E-state index in [1.54, 1.807) is 0 Å². The number of hydrogen-bond acceptors (Lipinski definition) is 2. The summed E-state index contributed by atoms with van der Waals surface area (Å²) in [6.07, 6.45) is 8.93. The van der Waals surface area contributed by atoms with Crippen molar-refractivity contribution in [3.8, 4) is 11.4 Å². The van der Waals surface area contributed by atoms with Gasteiger partial charge >= 0.3 is 0 Å². The summed E-state index contributed by atoms with van der Waals surface area (Å²) in [5.74, 6) is 2.00. The number of benzene rings is 1. The number of piperidine rings is 1. The maximum Gasteiger partial charge on any atom is 0.222 e. The Morgan fingerprint density at radius 1 is 1.21 bits per heavy atom. The molecule has 1 amide bonds. The van der Waals surface area contributed by atoms with E-state index in [1.165, 1.54) is 0 Å². The third kappa shape index (κ3) is 4.05. The number of imidazole rings is 1. The van der Waals surface area contributed by atoms with Crippen LogP contribution in [0.15, 0.2) is 42.7 Å². The zero-order chi connectivity index (χ0) is 16.8. The highest BCUT2D eigenvalue weighted by molar-refractivity contribution is 5.76. The molecule has 1 aliphatic rings. The van der Waals surface area contributed by atoms with Gasteiger partial charge in [-0.25, -0.2) is 4.98 Å². The minimum absolute atomic E-state index is 0.336. The summed E-state index contributed by atoms with van der Waals surface area (Å²) in [7, 11) is 0. The summed E-state index contributed by atoms with van der Waals surface area (Å²) < 4.78 is 2.26. The zero-order valence-corrected chi connectivity index (χ0v) is 14.5. The molecule has 0 unspecified atom stereocenters. The monoisotopic (exact) mass is 325 g/mol. The number of carbonyl (C=O) groups is 1. The molecule has 0 saturated carbocycles. The first-order valence-corrected chi connectivity index (χ1v) is 9.12. The Hall–Kier alpha value is -2.10. The summed E-state index contributed by atoms with van der Waals surface area (Å²) >= 11 is 0. The van der Waals surface area contributed by atoms with Crippen LogP contribution in [-0.4, -0.2) is 33.4 Å². The largest absolute Gasteiger partial charge is 0.343 e. The Morgan fingerprint density at radius 2 is 1.96 bits per heavy atom. The minimum atomic E-state index is 0.336. The van der Waals surface area contributed by atoms with Crippen LogP contribution in [0.4, 0.5) is 0 Å². The Balaban J connectivity index is 1.56. The molecule has 2 heterocycles. The van der Waals surface area contributed by atoms with Crippen molar-refractivity contribution in [1.29, 1.82) is 0 Å². The number of rotatable bonds is 6. The molecule has 0 aliphatic carbocycles. The van der Waals surface area contributed by atoms with E-state index in [9.17, 15) is 4.79 Å².